The van der Waals surface area contributed by atoms with Crippen LogP contribution in [-0.4, -0.2) is 29.4 Å². The summed E-state index contributed by atoms with van der Waals surface area (Å²) in [5, 5.41) is 7.43. The summed E-state index contributed by atoms with van der Waals surface area (Å²) in [7, 11) is 0. The molecule has 0 bridgehead atoms. The van der Waals surface area contributed by atoms with Gasteiger partial charge in [0.1, 0.15) is 11.7 Å². The van der Waals surface area contributed by atoms with E-state index in [1.165, 1.54) is 6.07 Å². The van der Waals surface area contributed by atoms with E-state index in [0.717, 1.165) is 29.7 Å². The maximum atomic E-state index is 15.1. The van der Waals surface area contributed by atoms with Crippen molar-refractivity contribution in [1.29, 1.82) is 5.41 Å². The van der Waals surface area contributed by atoms with Crippen LogP contribution in [-0.2, 0) is 16.1 Å². The number of carbonyl (C=O) groups excluding carboxylic acids is 1. The minimum atomic E-state index is -1.57. The molecule has 2 aromatic rings. The molecule has 1 fully saturated rings. The van der Waals surface area contributed by atoms with E-state index in [2.05, 4.69) is 0 Å². The number of ether oxygens (including phenoxy) is 2. The first-order valence-electron chi connectivity index (χ1n) is 10.4. The van der Waals surface area contributed by atoms with Crippen LogP contribution in [0.2, 0.25) is 0 Å². The quantitative estimate of drug-likeness (QED) is 0.286. The van der Waals surface area contributed by atoms with E-state index >= 15 is 4.39 Å². The fourth-order valence-corrected chi connectivity index (χ4v) is 3.47. The normalized spacial score (nSPS) is 14.1. The molecule has 3 rings (SSSR count). The van der Waals surface area contributed by atoms with E-state index in [4.69, 9.17) is 32.4 Å². The van der Waals surface area contributed by atoms with Crippen LogP contribution in [0.1, 0.15) is 49.0 Å². The lowest BCUT2D eigenvalue weighted by Crippen LogP contribution is -2.30. The number of hydrogen-bond donors (Lipinski definition) is 2. The van der Waals surface area contributed by atoms with Crippen LogP contribution in [0, 0.1) is 23.0 Å². The molecule has 172 valence electrons. The average Bonchev–Trinajstić information content (AvgIpc) is 3.59. The van der Waals surface area contributed by atoms with Crippen LogP contribution in [0.25, 0.3) is 0 Å². The Morgan fingerprint density at radius 3 is 2.53 bits per heavy atom. The lowest BCUT2D eigenvalue weighted by molar-refractivity contribution is -0.139. The van der Waals surface area contributed by atoms with Gasteiger partial charge < -0.3 is 15.2 Å². The molecule has 1 atom stereocenters. The molecule has 6 nitrogen and oxygen atoms in total. The van der Waals surface area contributed by atoms with Crippen LogP contribution in [0.3, 0.4) is 0 Å². The molecular weight excluding hydrogens is 440 g/mol. The maximum absolute atomic E-state index is 15.1. The molecule has 0 radical (unpaired) electrons. The highest BCUT2D eigenvalue weighted by atomic mass is 35.5. The standard InChI is InChI=1S/C23H26ClF2N3O3/c1-2-31-21(23(30)29(24)13-15-5-7-16(8-6-15)22(27)28)19-17(25)9-10-18(20(19)26)32-12-11-14-3-4-14/h5-10,14,21H,2-4,11-13H2,1H3,(H3,27,28). The summed E-state index contributed by atoms with van der Waals surface area (Å²) in [6, 6.07) is 8.82. The average molecular weight is 466 g/mol. The highest BCUT2D eigenvalue weighted by molar-refractivity contribution is 6.21. The monoisotopic (exact) mass is 465 g/mol. The van der Waals surface area contributed by atoms with E-state index in [1.54, 1.807) is 31.2 Å². The molecule has 1 aliphatic rings. The first-order valence-corrected chi connectivity index (χ1v) is 10.8. The largest absolute Gasteiger partial charge is 0.490 e. The Bertz CT molecular complexity index is 968. The molecular formula is C23H26ClF2N3O3. The third-order valence-corrected chi connectivity index (χ3v) is 5.50. The fraction of sp³-hybridized carbons (Fsp3) is 0.391. The second-order valence-electron chi connectivity index (χ2n) is 7.66. The van der Waals surface area contributed by atoms with Crippen molar-refractivity contribution in [3.05, 3.63) is 64.7 Å². The number of nitrogens with two attached hydrogens (primary N) is 1. The number of nitrogen functional groups attached to an aromatic ring is 1. The lowest BCUT2D eigenvalue weighted by atomic mass is 10.1. The van der Waals surface area contributed by atoms with Gasteiger partial charge in [-0.3, -0.25) is 10.2 Å². The van der Waals surface area contributed by atoms with E-state index in [0.29, 0.717) is 23.7 Å². The Morgan fingerprint density at radius 1 is 1.25 bits per heavy atom. The maximum Gasteiger partial charge on any atom is 0.271 e. The Balaban J connectivity index is 1.77. The smallest absolute Gasteiger partial charge is 0.271 e. The van der Waals surface area contributed by atoms with Crippen LogP contribution >= 0.6 is 11.8 Å². The second kappa shape index (κ2) is 10.7. The van der Waals surface area contributed by atoms with Crippen LogP contribution in [0.4, 0.5) is 8.78 Å². The van der Waals surface area contributed by atoms with E-state index < -0.39 is 29.2 Å². The van der Waals surface area contributed by atoms with Gasteiger partial charge in [0.05, 0.1) is 18.7 Å². The predicted octanol–water partition coefficient (Wildman–Crippen LogP) is 4.69. The van der Waals surface area contributed by atoms with Gasteiger partial charge in [0.25, 0.3) is 5.91 Å². The van der Waals surface area contributed by atoms with Crippen molar-refractivity contribution in [3.8, 4) is 5.75 Å². The first kappa shape index (κ1) is 23.9. The number of carbonyl (C=O) groups is 1. The number of amidine groups is 1. The van der Waals surface area contributed by atoms with Gasteiger partial charge in [-0.1, -0.05) is 37.1 Å². The molecule has 32 heavy (non-hydrogen) atoms. The zero-order valence-electron chi connectivity index (χ0n) is 17.7. The SMILES string of the molecule is CCOC(C(=O)N(Cl)Cc1ccc(C(=N)N)cc1)c1c(F)ccc(OCCC2CC2)c1F. The van der Waals surface area contributed by atoms with Gasteiger partial charge in [-0.15, -0.1) is 0 Å². The molecule has 1 amide bonds. The Morgan fingerprint density at radius 2 is 1.94 bits per heavy atom. The molecule has 0 heterocycles. The van der Waals surface area contributed by atoms with Crippen molar-refractivity contribution in [1.82, 2.24) is 4.42 Å². The highest BCUT2D eigenvalue weighted by Crippen LogP contribution is 2.34. The highest BCUT2D eigenvalue weighted by Gasteiger charge is 2.33. The van der Waals surface area contributed by atoms with Crippen molar-refractivity contribution in [2.24, 2.45) is 11.7 Å². The minimum Gasteiger partial charge on any atom is -0.490 e. The summed E-state index contributed by atoms with van der Waals surface area (Å²) in [5.74, 6) is -2.30. The van der Waals surface area contributed by atoms with Crippen molar-refractivity contribution >= 4 is 23.5 Å². The number of rotatable bonds is 11. The van der Waals surface area contributed by atoms with E-state index in [1.807, 2.05) is 0 Å². The van der Waals surface area contributed by atoms with Gasteiger partial charge >= 0.3 is 0 Å². The predicted molar refractivity (Wildman–Crippen MR) is 117 cm³/mol. The number of nitrogens with one attached hydrogen (secondary N) is 1. The van der Waals surface area contributed by atoms with Gasteiger partial charge in [0, 0.05) is 23.9 Å². The van der Waals surface area contributed by atoms with Gasteiger partial charge in [0.2, 0.25) is 0 Å². The molecule has 0 aromatic heterocycles. The lowest BCUT2D eigenvalue weighted by Gasteiger charge is -2.23. The summed E-state index contributed by atoms with van der Waals surface area (Å²) >= 11 is 6.18. The zero-order valence-corrected chi connectivity index (χ0v) is 18.5. The van der Waals surface area contributed by atoms with Crippen LogP contribution in [0.15, 0.2) is 36.4 Å². The summed E-state index contributed by atoms with van der Waals surface area (Å²) in [5.41, 5.74) is 6.07. The molecule has 0 aliphatic heterocycles. The Hall–Kier alpha value is -2.71. The van der Waals surface area contributed by atoms with Crippen molar-refractivity contribution < 1.29 is 23.0 Å². The summed E-state index contributed by atoms with van der Waals surface area (Å²) in [6.07, 6.45) is 1.52. The number of benzene rings is 2. The Kier molecular flexibility index (Phi) is 8.04. The summed E-state index contributed by atoms with van der Waals surface area (Å²) in [4.78, 5) is 13.0. The third kappa shape index (κ3) is 5.95. The molecule has 3 N–H and O–H groups in total. The van der Waals surface area contributed by atoms with Gasteiger partial charge in [-0.2, -0.15) is 0 Å². The number of amides is 1. The third-order valence-electron chi connectivity index (χ3n) is 5.22. The molecule has 1 saturated carbocycles. The number of nitrogens with zero attached hydrogens (tertiary/aromatic N) is 1. The molecule has 0 spiro atoms. The fourth-order valence-electron chi connectivity index (χ4n) is 3.24. The zero-order chi connectivity index (χ0) is 23.3. The van der Waals surface area contributed by atoms with Crippen molar-refractivity contribution in [3.63, 3.8) is 0 Å². The Labute approximate surface area is 190 Å². The molecule has 2 aromatic carbocycles. The van der Waals surface area contributed by atoms with Gasteiger partial charge in [0.15, 0.2) is 17.7 Å². The molecule has 0 saturated heterocycles. The number of halogens is 3. The van der Waals surface area contributed by atoms with Gasteiger partial charge in [-0.05, 0) is 37.0 Å². The molecule has 1 aliphatic carbocycles. The molecule has 1 unspecified atom stereocenters. The van der Waals surface area contributed by atoms with Crippen molar-refractivity contribution in [2.75, 3.05) is 13.2 Å². The summed E-state index contributed by atoms with van der Waals surface area (Å²) < 4.78 is 41.5. The topological polar surface area (TPSA) is 88.6 Å². The second-order valence-corrected chi connectivity index (χ2v) is 8.07. The van der Waals surface area contributed by atoms with Crippen molar-refractivity contribution in [2.45, 2.75) is 38.8 Å². The number of hydrogen-bond acceptors (Lipinski definition) is 4. The first-order chi connectivity index (χ1) is 15.3. The summed E-state index contributed by atoms with van der Waals surface area (Å²) in [6.45, 7) is 1.94. The van der Waals surface area contributed by atoms with Crippen LogP contribution < -0.4 is 10.5 Å². The minimum absolute atomic E-state index is 0.0387. The van der Waals surface area contributed by atoms with E-state index in [-0.39, 0.29) is 24.7 Å². The molecule has 9 heteroatoms. The van der Waals surface area contributed by atoms with E-state index in [9.17, 15) is 9.18 Å². The van der Waals surface area contributed by atoms with Crippen LogP contribution in [0.5, 0.6) is 5.75 Å². The van der Waals surface area contributed by atoms with Gasteiger partial charge in [-0.25, -0.2) is 13.2 Å².